The molecule has 16 heavy (non-hydrogen) atoms. The summed E-state index contributed by atoms with van der Waals surface area (Å²) in [5.41, 5.74) is 2.97. The Balaban J connectivity index is 1.73. The van der Waals surface area contributed by atoms with Crippen molar-refractivity contribution in [1.82, 2.24) is 9.97 Å². The van der Waals surface area contributed by atoms with Crippen LogP contribution in [0.4, 0.5) is 5.95 Å². The van der Waals surface area contributed by atoms with Crippen molar-refractivity contribution in [3.05, 3.63) is 47.8 Å². The minimum atomic E-state index is 0.501. The lowest BCUT2D eigenvalue weighted by molar-refractivity contribution is 0.607. The van der Waals surface area contributed by atoms with Crippen molar-refractivity contribution in [2.75, 3.05) is 5.32 Å². The number of nitrogens with one attached hydrogen (secondary N) is 2. The van der Waals surface area contributed by atoms with Crippen LogP contribution >= 0.6 is 0 Å². The topological polar surface area (TPSA) is 40.7 Å². The third-order valence-corrected chi connectivity index (χ3v) is 3.19. The summed E-state index contributed by atoms with van der Waals surface area (Å²) in [7, 11) is 0. The van der Waals surface area contributed by atoms with Crippen LogP contribution in [0.5, 0.6) is 0 Å². The lowest BCUT2D eigenvalue weighted by atomic mass is 9.88. The molecule has 2 aromatic rings. The molecule has 0 radical (unpaired) electrons. The number of hydrogen-bond donors (Lipinski definition) is 2. The van der Waals surface area contributed by atoms with Gasteiger partial charge in [0.15, 0.2) is 5.95 Å². The highest BCUT2D eigenvalue weighted by molar-refractivity contribution is 5.34. The molecule has 1 heterocycles. The van der Waals surface area contributed by atoms with Crippen molar-refractivity contribution in [2.45, 2.75) is 25.3 Å². The van der Waals surface area contributed by atoms with E-state index < -0.39 is 0 Å². The van der Waals surface area contributed by atoms with Gasteiger partial charge in [0.1, 0.15) is 0 Å². The van der Waals surface area contributed by atoms with Gasteiger partial charge in [-0.05, 0) is 30.4 Å². The van der Waals surface area contributed by atoms with E-state index in [-0.39, 0.29) is 0 Å². The number of nitrogens with zero attached hydrogens (tertiary/aromatic N) is 1. The van der Waals surface area contributed by atoms with Crippen molar-refractivity contribution in [2.24, 2.45) is 0 Å². The van der Waals surface area contributed by atoms with Crippen molar-refractivity contribution in [1.29, 1.82) is 0 Å². The SMILES string of the molecule is c1ccc2c(c1)CCC(Nc1ncc[nH]1)C2. The average molecular weight is 213 g/mol. The number of aromatic amines is 1. The third kappa shape index (κ3) is 1.81. The maximum absolute atomic E-state index is 4.20. The number of benzene rings is 1. The summed E-state index contributed by atoms with van der Waals surface area (Å²) in [6.45, 7) is 0. The highest BCUT2D eigenvalue weighted by Gasteiger charge is 2.18. The number of imidazole rings is 1. The molecule has 1 aliphatic carbocycles. The lowest BCUT2D eigenvalue weighted by Gasteiger charge is -2.25. The van der Waals surface area contributed by atoms with Crippen molar-refractivity contribution >= 4 is 5.95 Å². The van der Waals surface area contributed by atoms with Crippen LogP contribution in [0.3, 0.4) is 0 Å². The van der Waals surface area contributed by atoms with Crippen molar-refractivity contribution < 1.29 is 0 Å². The van der Waals surface area contributed by atoms with Gasteiger partial charge >= 0.3 is 0 Å². The molecular formula is C13H15N3. The van der Waals surface area contributed by atoms with Gasteiger partial charge in [0, 0.05) is 18.4 Å². The summed E-state index contributed by atoms with van der Waals surface area (Å²) < 4.78 is 0. The van der Waals surface area contributed by atoms with Crippen LogP contribution in [0.2, 0.25) is 0 Å². The zero-order chi connectivity index (χ0) is 10.8. The fourth-order valence-corrected chi connectivity index (χ4v) is 2.36. The van der Waals surface area contributed by atoms with E-state index in [9.17, 15) is 0 Å². The monoisotopic (exact) mass is 213 g/mol. The van der Waals surface area contributed by atoms with Crippen LogP contribution < -0.4 is 5.32 Å². The number of anilines is 1. The average Bonchev–Trinajstić information content (AvgIpc) is 2.82. The molecule has 3 rings (SSSR count). The molecule has 0 bridgehead atoms. The number of aryl methyl sites for hydroxylation is 1. The Hall–Kier alpha value is -1.77. The third-order valence-electron chi connectivity index (χ3n) is 3.19. The summed E-state index contributed by atoms with van der Waals surface area (Å²) in [5.74, 6) is 0.879. The minimum absolute atomic E-state index is 0.501. The number of fused-ring (bicyclic) bond motifs is 1. The Kier molecular flexibility index (Phi) is 2.37. The fraction of sp³-hybridized carbons (Fsp3) is 0.308. The Morgan fingerprint density at radius 3 is 2.94 bits per heavy atom. The second kappa shape index (κ2) is 4.00. The second-order valence-corrected chi connectivity index (χ2v) is 4.29. The lowest BCUT2D eigenvalue weighted by Crippen LogP contribution is -2.27. The minimum Gasteiger partial charge on any atom is -0.353 e. The van der Waals surface area contributed by atoms with E-state index in [0.29, 0.717) is 6.04 Å². The molecular weight excluding hydrogens is 198 g/mol. The fourth-order valence-electron chi connectivity index (χ4n) is 2.36. The van der Waals surface area contributed by atoms with E-state index in [1.165, 1.54) is 17.5 Å². The summed E-state index contributed by atoms with van der Waals surface area (Å²) in [5, 5.41) is 3.44. The Labute approximate surface area is 94.9 Å². The van der Waals surface area contributed by atoms with Gasteiger partial charge < -0.3 is 10.3 Å². The summed E-state index contributed by atoms with van der Waals surface area (Å²) in [6.07, 6.45) is 7.06. The number of H-pyrrole nitrogens is 1. The highest BCUT2D eigenvalue weighted by Crippen LogP contribution is 2.22. The molecule has 1 aromatic heterocycles. The van der Waals surface area contributed by atoms with E-state index in [0.717, 1.165) is 18.8 Å². The predicted octanol–water partition coefficient (Wildman–Crippen LogP) is 2.38. The van der Waals surface area contributed by atoms with Gasteiger partial charge in [0.2, 0.25) is 0 Å². The summed E-state index contributed by atoms with van der Waals surface area (Å²) in [6, 6.07) is 9.21. The standard InChI is InChI=1S/C13H15N3/c1-2-4-11-9-12(6-5-10(11)3-1)16-13-14-7-8-15-13/h1-4,7-8,12H,5-6,9H2,(H2,14,15,16). The van der Waals surface area contributed by atoms with Crippen molar-refractivity contribution in [3.63, 3.8) is 0 Å². The van der Waals surface area contributed by atoms with E-state index in [2.05, 4.69) is 39.6 Å². The molecule has 0 fully saturated rings. The van der Waals surface area contributed by atoms with Gasteiger partial charge in [-0.3, -0.25) is 0 Å². The molecule has 1 aliphatic rings. The molecule has 1 atom stereocenters. The number of rotatable bonds is 2. The predicted molar refractivity (Wildman–Crippen MR) is 64.5 cm³/mol. The van der Waals surface area contributed by atoms with Crippen LogP contribution in [0.25, 0.3) is 0 Å². The molecule has 1 unspecified atom stereocenters. The largest absolute Gasteiger partial charge is 0.353 e. The highest BCUT2D eigenvalue weighted by atomic mass is 15.1. The summed E-state index contributed by atoms with van der Waals surface area (Å²) >= 11 is 0. The molecule has 2 N–H and O–H groups in total. The Bertz CT molecular complexity index is 462. The zero-order valence-corrected chi connectivity index (χ0v) is 9.11. The maximum atomic E-state index is 4.20. The first-order valence-electron chi connectivity index (χ1n) is 5.74. The van der Waals surface area contributed by atoms with Crippen molar-refractivity contribution in [3.8, 4) is 0 Å². The first-order valence-corrected chi connectivity index (χ1v) is 5.74. The van der Waals surface area contributed by atoms with E-state index >= 15 is 0 Å². The molecule has 3 nitrogen and oxygen atoms in total. The Morgan fingerprint density at radius 1 is 1.25 bits per heavy atom. The van der Waals surface area contributed by atoms with Gasteiger partial charge in [-0.1, -0.05) is 24.3 Å². The van der Waals surface area contributed by atoms with Gasteiger partial charge in [-0.15, -0.1) is 0 Å². The number of hydrogen-bond acceptors (Lipinski definition) is 2. The first-order chi connectivity index (χ1) is 7.92. The smallest absolute Gasteiger partial charge is 0.200 e. The first kappa shape index (κ1) is 9.46. The quantitative estimate of drug-likeness (QED) is 0.804. The van der Waals surface area contributed by atoms with Gasteiger partial charge in [0.25, 0.3) is 0 Å². The molecule has 0 spiro atoms. The molecule has 0 aliphatic heterocycles. The van der Waals surface area contributed by atoms with Crippen LogP contribution in [-0.4, -0.2) is 16.0 Å². The zero-order valence-electron chi connectivity index (χ0n) is 9.11. The maximum Gasteiger partial charge on any atom is 0.200 e. The number of aromatic nitrogens is 2. The molecule has 3 heteroatoms. The molecule has 0 saturated heterocycles. The van der Waals surface area contributed by atoms with Crippen LogP contribution in [0.1, 0.15) is 17.5 Å². The van der Waals surface area contributed by atoms with E-state index in [1.54, 1.807) is 6.20 Å². The normalized spacial score (nSPS) is 19.1. The van der Waals surface area contributed by atoms with E-state index in [1.807, 2.05) is 6.20 Å². The summed E-state index contributed by atoms with van der Waals surface area (Å²) in [4.78, 5) is 7.29. The van der Waals surface area contributed by atoms with Gasteiger partial charge in [-0.2, -0.15) is 0 Å². The molecule has 1 aromatic carbocycles. The molecule has 0 amide bonds. The van der Waals surface area contributed by atoms with Gasteiger partial charge in [-0.25, -0.2) is 4.98 Å². The molecule has 82 valence electrons. The van der Waals surface area contributed by atoms with E-state index in [4.69, 9.17) is 0 Å². The van der Waals surface area contributed by atoms with Gasteiger partial charge in [0.05, 0.1) is 0 Å². The second-order valence-electron chi connectivity index (χ2n) is 4.29. The van der Waals surface area contributed by atoms with Crippen LogP contribution in [0, 0.1) is 0 Å². The van der Waals surface area contributed by atoms with Crippen LogP contribution in [0.15, 0.2) is 36.7 Å². The molecule has 0 saturated carbocycles. The van der Waals surface area contributed by atoms with Crippen LogP contribution in [-0.2, 0) is 12.8 Å². The Morgan fingerprint density at radius 2 is 2.12 bits per heavy atom.